The van der Waals surface area contributed by atoms with E-state index in [2.05, 4.69) is 0 Å². The van der Waals surface area contributed by atoms with Crippen molar-refractivity contribution in [3.8, 4) is 5.75 Å². The van der Waals surface area contributed by atoms with E-state index in [9.17, 15) is 17.2 Å². The molecule has 21 heavy (non-hydrogen) atoms. The van der Waals surface area contributed by atoms with Crippen LogP contribution in [0.15, 0.2) is 41.3 Å². The molecule has 0 spiro atoms. The molecule has 0 aliphatic carbocycles. The van der Waals surface area contributed by atoms with Gasteiger partial charge in [0, 0.05) is 0 Å². The van der Waals surface area contributed by atoms with Gasteiger partial charge in [-0.25, -0.2) is 17.2 Å². The molecule has 8 heteroatoms. The van der Waals surface area contributed by atoms with E-state index < -0.39 is 27.3 Å². The molecule has 0 saturated carbocycles. The van der Waals surface area contributed by atoms with Crippen molar-refractivity contribution in [3.63, 3.8) is 0 Å². The summed E-state index contributed by atoms with van der Waals surface area (Å²) < 4.78 is 58.0. The lowest BCUT2D eigenvalue weighted by atomic mass is 10.3. The third-order valence-corrected chi connectivity index (χ3v) is 4.28. The van der Waals surface area contributed by atoms with E-state index in [1.807, 2.05) is 4.72 Å². The van der Waals surface area contributed by atoms with Crippen LogP contribution in [0.2, 0.25) is 5.02 Å². The number of methoxy groups -OCH3 is 1. The monoisotopic (exact) mass is 333 g/mol. The van der Waals surface area contributed by atoms with Crippen LogP contribution in [0.1, 0.15) is 0 Å². The second kappa shape index (κ2) is 5.87. The first-order valence-corrected chi connectivity index (χ1v) is 7.51. The van der Waals surface area contributed by atoms with E-state index in [0.29, 0.717) is 0 Å². The molecular weight excluding hydrogens is 324 g/mol. The van der Waals surface area contributed by atoms with Gasteiger partial charge in [-0.2, -0.15) is 0 Å². The summed E-state index contributed by atoms with van der Waals surface area (Å²) >= 11 is 5.84. The predicted octanol–water partition coefficient (Wildman–Crippen LogP) is 3.43. The Hall–Kier alpha value is -1.86. The Balaban J connectivity index is 2.41. The molecule has 0 aliphatic heterocycles. The summed E-state index contributed by atoms with van der Waals surface area (Å²) in [6.45, 7) is 0. The van der Waals surface area contributed by atoms with Crippen molar-refractivity contribution in [2.45, 2.75) is 4.90 Å². The number of hydrogen-bond acceptors (Lipinski definition) is 3. The zero-order valence-electron chi connectivity index (χ0n) is 10.7. The molecular formula is C13H10ClF2NO3S. The normalized spacial score (nSPS) is 11.2. The predicted molar refractivity (Wildman–Crippen MR) is 75.2 cm³/mol. The number of sulfonamides is 1. The summed E-state index contributed by atoms with van der Waals surface area (Å²) in [5, 5.41) is 0.0642. The summed E-state index contributed by atoms with van der Waals surface area (Å²) in [6.07, 6.45) is 0. The van der Waals surface area contributed by atoms with Crippen molar-refractivity contribution >= 4 is 27.3 Å². The molecule has 112 valence electrons. The Morgan fingerprint density at radius 3 is 2.29 bits per heavy atom. The van der Waals surface area contributed by atoms with Crippen LogP contribution in [0.25, 0.3) is 0 Å². The number of benzene rings is 2. The van der Waals surface area contributed by atoms with E-state index in [0.717, 1.165) is 24.3 Å². The van der Waals surface area contributed by atoms with Crippen LogP contribution in [0.3, 0.4) is 0 Å². The van der Waals surface area contributed by atoms with Crippen molar-refractivity contribution in [2.24, 2.45) is 0 Å². The van der Waals surface area contributed by atoms with Crippen molar-refractivity contribution < 1.29 is 21.9 Å². The summed E-state index contributed by atoms with van der Waals surface area (Å²) in [4.78, 5) is -0.240. The van der Waals surface area contributed by atoms with Gasteiger partial charge >= 0.3 is 0 Å². The van der Waals surface area contributed by atoms with E-state index in [4.69, 9.17) is 16.3 Å². The third-order valence-electron chi connectivity index (χ3n) is 2.63. The first-order chi connectivity index (χ1) is 9.85. The van der Waals surface area contributed by atoms with Gasteiger partial charge in [0.2, 0.25) is 0 Å². The molecule has 1 N–H and O–H groups in total. The quantitative estimate of drug-likeness (QED) is 0.932. The minimum absolute atomic E-state index is 0.0642. The zero-order valence-corrected chi connectivity index (χ0v) is 12.3. The largest absolute Gasteiger partial charge is 0.495 e. The van der Waals surface area contributed by atoms with Crippen molar-refractivity contribution in [3.05, 3.63) is 53.1 Å². The van der Waals surface area contributed by atoms with Gasteiger partial charge < -0.3 is 4.74 Å². The maximum Gasteiger partial charge on any atom is 0.262 e. The molecule has 2 aromatic rings. The van der Waals surface area contributed by atoms with Gasteiger partial charge in [0.1, 0.15) is 23.1 Å². The molecule has 0 fully saturated rings. The maximum atomic E-state index is 13.5. The topological polar surface area (TPSA) is 55.4 Å². The Bertz CT molecular complexity index is 761. The third kappa shape index (κ3) is 3.25. The fraction of sp³-hybridized carbons (Fsp3) is 0.0769. The van der Waals surface area contributed by atoms with Crippen LogP contribution in [-0.2, 0) is 10.0 Å². The fourth-order valence-corrected chi connectivity index (χ4v) is 3.03. The van der Waals surface area contributed by atoms with Crippen LogP contribution in [-0.4, -0.2) is 15.5 Å². The molecule has 0 unspecified atom stereocenters. The first-order valence-electron chi connectivity index (χ1n) is 5.65. The van der Waals surface area contributed by atoms with E-state index >= 15 is 0 Å². The number of hydrogen-bond donors (Lipinski definition) is 1. The minimum atomic E-state index is -4.18. The molecule has 4 nitrogen and oxygen atoms in total. The number of anilines is 1. The summed E-state index contributed by atoms with van der Waals surface area (Å²) in [7, 11) is -2.80. The average molecular weight is 334 g/mol. The number of nitrogens with one attached hydrogen (secondary N) is 1. The molecule has 0 amide bonds. The molecule has 0 aromatic heterocycles. The first kappa shape index (κ1) is 15.5. The Kier molecular flexibility index (Phi) is 4.34. The Morgan fingerprint density at radius 1 is 1.14 bits per heavy atom. The standard InChI is InChI=1S/C13H10ClF2NO3S/c1-20-12-6-5-8(7-9(12)14)21(18,19)17-13-10(15)3-2-4-11(13)16/h2-7,17H,1H3. The number of halogens is 3. The minimum Gasteiger partial charge on any atom is -0.495 e. The smallest absolute Gasteiger partial charge is 0.262 e. The van der Waals surface area contributed by atoms with Gasteiger partial charge in [0.25, 0.3) is 10.0 Å². The van der Waals surface area contributed by atoms with Crippen LogP contribution in [0.5, 0.6) is 5.75 Å². The number of ether oxygens (including phenoxy) is 1. The second-order valence-electron chi connectivity index (χ2n) is 4.00. The molecule has 2 aromatic carbocycles. The Morgan fingerprint density at radius 2 is 1.76 bits per heavy atom. The van der Waals surface area contributed by atoms with Gasteiger partial charge in [0.15, 0.2) is 0 Å². The summed E-state index contributed by atoms with van der Waals surface area (Å²) in [5.74, 6) is -1.75. The van der Waals surface area contributed by atoms with Gasteiger partial charge in [-0.3, -0.25) is 4.72 Å². The highest BCUT2D eigenvalue weighted by atomic mass is 35.5. The van der Waals surface area contributed by atoms with Gasteiger partial charge in [-0.15, -0.1) is 0 Å². The fourth-order valence-electron chi connectivity index (χ4n) is 1.60. The number of rotatable bonds is 4. The molecule has 0 bridgehead atoms. The molecule has 0 heterocycles. The lowest BCUT2D eigenvalue weighted by Gasteiger charge is -2.11. The molecule has 0 atom stereocenters. The summed E-state index contributed by atoms with van der Waals surface area (Å²) in [5.41, 5.74) is -0.746. The van der Waals surface area contributed by atoms with Crippen molar-refractivity contribution in [2.75, 3.05) is 11.8 Å². The van der Waals surface area contributed by atoms with Crippen molar-refractivity contribution in [1.82, 2.24) is 0 Å². The lowest BCUT2D eigenvalue weighted by Crippen LogP contribution is -2.15. The second-order valence-corrected chi connectivity index (χ2v) is 6.09. The molecule has 0 aliphatic rings. The lowest BCUT2D eigenvalue weighted by molar-refractivity contribution is 0.414. The molecule has 2 rings (SSSR count). The number of para-hydroxylation sites is 1. The highest BCUT2D eigenvalue weighted by Gasteiger charge is 2.20. The highest BCUT2D eigenvalue weighted by molar-refractivity contribution is 7.92. The van der Waals surface area contributed by atoms with E-state index in [-0.39, 0.29) is 15.7 Å². The van der Waals surface area contributed by atoms with Crippen LogP contribution >= 0.6 is 11.6 Å². The van der Waals surface area contributed by atoms with E-state index in [1.165, 1.54) is 19.2 Å². The van der Waals surface area contributed by atoms with E-state index in [1.54, 1.807) is 0 Å². The maximum absolute atomic E-state index is 13.5. The highest BCUT2D eigenvalue weighted by Crippen LogP contribution is 2.28. The molecule has 0 saturated heterocycles. The Labute approximate surface area is 125 Å². The summed E-state index contributed by atoms with van der Waals surface area (Å²) in [6, 6.07) is 6.71. The molecule has 0 radical (unpaired) electrons. The van der Waals surface area contributed by atoms with Crippen LogP contribution in [0.4, 0.5) is 14.5 Å². The van der Waals surface area contributed by atoms with Crippen LogP contribution < -0.4 is 9.46 Å². The van der Waals surface area contributed by atoms with Gasteiger partial charge in [-0.05, 0) is 30.3 Å². The average Bonchev–Trinajstić information content (AvgIpc) is 2.43. The van der Waals surface area contributed by atoms with Gasteiger partial charge in [-0.1, -0.05) is 17.7 Å². The van der Waals surface area contributed by atoms with Gasteiger partial charge in [0.05, 0.1) is 17.0 Å². The van der Waals surface area contributed by atoms with Crippen LogP contribution in [0, 0.1) is 11.6 Å². The SMILES string of the molecule is COc1ccc(S(=O)(=O)Nc2c(F)cccc2F)cc1Cl. The zero-order chi connectivity index (χ0) is 15.6. The van der Waals surface area contributed by atoms with Crippen molar-refractivity contribution in [1.29, 1.82) is 0 Å².